The highest BCUT2D eigenvalue weighted by molar-refractivity contribution is 5.92. The molecule has 1 atom stereocenters. The summed E-state index contributed by atoms with van der Waals surface area (Å²) in [6.45, 7) is 5.41. The van der Waals surface area contributed by atoms with Gasteiger partial charge in [0.05, 0.1) is 30.2 Å². The van der Waals surface area contributed by atoms with E-state index in [1.54, 1.807) is 20.8 Å². The molecule has 1 aromatic carbocycles. The summed E-state index contributed by atoms with van der Waals surface area (Å²) in [5.41, 5.74) is 1.04. The summed E-state index contributed by atoms with van der Waals surface area (Å²) in [7, 11) is 0. The number of allylic oxidation sites excluding steroid dienone is 1. The Morgan fingerprint density at radius 1 is 1.33 bits per heavy atom. The van der Waals surface area contributed by atoms with Crippen LogP contribution in [0.2, 0.25) is 0 Å². The number of terminal acetylenes is 1. The van der Waals surface area contributed by atoms with Crippen molar-refractivity contribution in [2.24, 2.45) is 0 Å². The summed E-state index contributed by atoms with van der Waals surface area (Å²) < 4.78 is 12.4. The standard InChI is InChI=1S/C21H20N2O4/c1-5-12-23-14(4)22-19-18(20(23)24)17(15-10-8-7-9-11-15)16(13(3)27-19)21(25)26-6-2/h1,7-11,17H,6,12H2,2-4H3. The molecule has 2 aromatic rings. The van der Waals surface area contributed by atoms with Crippen LogP contribution in [0.3, 0.4) is 0 Å². The molecule has 6 heteroatoms. The van der Waals surface area contributed by atoms with E-state index < -0.39 is 11.9 Å². The van der Waals surface area contributed by atoms with Crippen molar-refractivity contribution in [2.45, 2.75) is 33.2 Å². The van der Waals surface area contributed by atoms with Crippen LogP contribution in [0.4, 0.5) is 0 Å². The number of ether oxygens (including phenoxy) is 2. The molecule has 6 nitrogen and oxygen atoms in total. The molecule has 1 aromatic heterocycles. The first-order valence-electron chi connectivity index (χ1n) is 8.65. The fraction of sp³-hybridized carbons (Fsp3) is 0.286. The molecule has 1 aliphatic rings. The van der Waals surface area contributed by atoms with Crippen molar-refractivity contribution in [3.05, 3.63) is 69.0 Å². The molecule has 0 amide bonds. The third-order valence-corrected chi connectivity index (χ3v) is 4.44. The SMILES string of the molecule is C#CCn1c(C)nc2c(c1=O)C(c1ccccc1)C(C(=O)OCC)=C(C)O2. The quantitative estimate of drug-likeness (QED) is 0.616. The largest absolute Gasteiger partial charge is 0.463 e. The van der Waals surface area contributed by atoms with Crippen LogP contribution < -0.4 is 10.3 Å². The monoisotopic (exact) mass is 364 g/mol. The van der Waals surface area contributed by atoms with E-state index in [4.69, 9.17) is 15.9 Å². The van der Waals surface area contributed by atoms with Crippen LogP contribution in [0.1, 0.15) is 36.7 Å². The van der Waals surface area contributed by atoms with Crippen molar-refractivity contribution in [1.29, 1.82) is 0 Å². The Morgan fingerprint density at radius 3 is 2.67 bits per heavy atom. The first kappa shape index (κ1) is 18.5. The lowest BCUT2D eigenvalue weighted by atomic mass is 9.83. The second-order valence-electron chi connectivity index (χ2n) is 6.11. The second kappa shape index (κ2) is 7.50. The number of rotatable bonds is 4. The lowest BCUT2D eigenvalue weighted by molar-refractivity contribution is -0.139. The molecular weight excluding hydrogens is 344 g/mol. The van der Waals surface area contributed by atoms with Gasteiger partial charge in [0.15, 0.2) is 0 Å². The van der Waals surface area contributed by atoms with Crippen LogP contribution in [0, 0.1) is 19.3 Å². The van der Waals surface area contributed by atoms with Gasteiger partial charge in [0.25, 0.3) is 5.56 Å². The molecule has 1 aliphatic heterocycles. The van der Waals surface area contributed by atoms with Crippen molar-refractivity contribution in [1.82, 2.24) is 9.55 Å². The Hall–Kier alpha value is -3.33. The third kappa shape index (κ3) is 3.24. The highest BCUT2D eigenvalue weighted by Gasteiger charge is 2.38. The van der Waals surface area contributed by atoms with Crippen molar-refractivity contribution in [3.63, 3.8) is 0 Å². The summed E-state index contributed by atoms with van der Waals surface area (Å²) in [4.78, 5) is 30.3. The summed E-state index contributed by atoms with van der Waals surface area (Å²) in [6.07, 6.45) is 5.41. The lowest BCUT2D eigenvalue weighted by Gasteiger charge is -2.28. The van der Waals surface area contributed by atoms with E-state index in [9.17, 15) is 9.59 Å². The molecule has 0 saturated heterocycles. The van der Waals surface area contributed by atoms with E-state index in [2.05, 4.69) is 10.9 Å². The third-order valence-electron chi connectivity index (χ3n) is 4.44. The number of fused-ring (bicyclic) bond motifs is 1. The zero-order valence-corrected chi connectivity index (χ0v) is 15.5. The molecule has 0 N–H and O–H groups in total. The van der Waals surface area contributed by atoms with Gasteiger partial charge in [-0.2, -0.15) is 4.98 Å². The number of hydrogen-bond acceptors (Lipinski definition) is 5. The predicted molar refractivity (Wildman–Crippen MR) is 100 cm³/mol. The molecule has 27 heavy (non-hydrogen) atoms. The topological polar surface area (TPSA) is 70.4 Å². The van der Waals surface area contributed by atoms with Crippen molar-refractivity contribution in [3.8, 4) is 18.2 Å². The normalized spacial score (nSPS) is 15.6. The second-order valence-corrected chi connectivity index (χ2v) is 6.11. The number of nitrogens with zero attached hydrogens (tertiary/aromatic N) is 2. The molecule has 1 unspecified atom stereocenters. The zero-order chi connectivity index (χ0) is 19.6. The first-order chi connectivity index (χ1) is 13.0. The van der Waals surface area contributed by atoms with Gasteiger partial charge in [-0.25, -0.2) is 4.79 Å². The highest BCUT2D eigenvalue weighted by atomic mass is 16.5. The molecule has 138 valence electrons. The molecule has 0 saturated carbocycles. The summed E-state index contributed by atoms with van der Waals surface area (Å²) in [6, 6.07) is 9.29. The zero-order valence-electron chi connectivity index (χ0n) is 15.5. The number of carbonyl (C=O) groups is 1. The van der Waals surface area contributed by atoms with Gasteiger partial charge in [0.1, 0.15) is 11.6 Å². The van der Waals surface area contributed by atoms with Gasteiger partial charge in [-0.3, -0.25) is 9.36 Å². The first-order valence-corrected chi connectivity index (χ1v) is 8.65. The molecule has 0 bridgehead atoms. The number of hydrogen-bond donors (Lipinski definition) is 0. The maximum atomic E-state index is 13.2. The van der Waals surface area contributed by atoms with Crippen molar-refractivity contribution < 1.29 is 14.3 Å². The maximum absolute atomic E-state index is 13.2. The Kier molecular flexibility index (Phi) is 5.13. The smallest absolute Gasteiger partial charge is 0.338 e. The van der Waals surface area contributed by atoms with Gasteiger partial charge in [0.2, 0.25) is 5.88 Å². The molecule has 0 aliphatic carbocycles. The van der Waals surface area contributed by atoms with Crippen molar-refractivity contribution >= 4 is 5.97 Å². The molecule has 0 radical (unpaired) electrons. The van der Waals surface area contributed by atoms with E-state index in [-0.39, 0.29) is 30.2 Å². The van der Waals surface area contributed by atoms with E-state index in [0.717, 1.165) is 5.56 Å². The fourth-order valence-corrected chi connectivity index (χ4v) is 3.25. The number of esters is 1. The Balaban J connectivity index is 2.31. The van der Waals surface area contributed by atoms with Crippen LogP contribution in [-0.4, -0.2) is 22.1 Å². The van der Waals surface area contributed by atoms with Gasteiger partial charge in [-0.15, -0.1) is 6.42 Å². The highest BCUT2D eigenvalue weighted by Crippen LogP contribution is 2.41. The van der Waals surface area contributed by atoms with E-state index in [1.807, 2.05) is 30.3 Å². The number of aryl methyl sites for hydroxylation is 1. The minimum Gasteiger partial charge on any atom is -0.463 e. The number of carbonyl (C=O) groups excluding carboxylic acids is 1. The number of benzene rings is 1. The van der Waals surface area contributed by atoms with Crippen molar-refractivity contribution in [2.75, 3.05) is 6.61 Å². The molecule has 3 rings (SSSR count). The molecular formula is C21H20N2O4. The van der Waals surface area contributed by atoms with Crippen LogP contribution in [0.5, 0.6) is 5.88 Å². The van der Waals surface area contributed by atoms with Crippen LogP contribution in [-0.2, 0) is 16.1 Å². The van der Waals surface area contributed by atoms with E-state index in [1.165, 1.54) is 4.57 Å². The van der Waals surface area contributed by atoms with Crippen LogP contribution in [0.15, 0.2) is 46.5 Å². The lowest BCUT2D eigenvalue weighted by Crippen LogP contribution is -2.34. The van der Waals surface area contributed by atoms with E-state index in [0.29, 0.717) is 17.2 Å². The van der Waals surface area contributed by atoms with E-state index >= 15 is 0 Å². The Labute approximate surface area is 157 Å². The maximum Gasteiger partial charge on any atom is 0.338 e. The molecule has 2 heterocycles. The fourth-order valence-electron chi connectivity index (χ4n) is 3.25. The molecule has 0 fully saturated rings. The Bertz CT molecular complexity index is 1010. The van der Waals surface area contributed by atoms with Gasteiger partial charge in [0, 0.05) is 0 Å². The van der Waals surface area contributed by atoms with Crippen LogP contribution >= 0.6 is 0 Å². The van der Waals surface area contributed by atoms with Gasteiger partial charge >= 0.3 is 5.97 Å². The number of aromatic nitrogens is 2. The van der Waals surface area contributed by atoms with Gasteiger partial charge in [-0.1, -0.05) is 36.3 Å². The minimum absolute atomic E-state index is 0.0872. The average Bonchev–Trinajstić information content (AvgIpc) is 2.65. The van der Waals surface area contributed by atoms with Gasteiger partial charge in [-0.05, 0) is 26.3 Å². The van der Waals surface area contributed by atoms with Gasteiger partial charge < -0.3 is 9.47 Å². The average molecular weight is 364 g/mol. The Morgan fingerprint density at radius 2 is 2.04 bits per heavy atom. The summed E-state index contributed by atoms with van der Waals surface area (Å²) in [5, 5.41) is 0. The predicted octanol–water partition coefficient (Wildman–Crippen LogP) is 2.55. The van der Waals surface area contributed by atoms with Crippen LogP contribution in [0.25, 0.3) is 0 Å². The minimum atomic E-state index is -0.640. The summed E-state index contributed by atoms with van der Waals surface area (Å²) in [5.74, 6) is 2.34. The molecule has 0 spiro atoms. The summed E-state index contributed by atoms with van der Waals surface area (Å²) >= 11 is 0.